The molecule has 0 saturated carbocycles. The highest BCUT2D eigenvalue weighted by Gasteiger charge is 2.10. The summed E-state index contributed by atoms with van der Waals surface area (Å²) in [6.07, 6.45) is 1.36. The van der Waals surface area contributed by atoms with E-state index in [1.54, 1.807) is 14.2 Å². The molecule has 0 aliphatic carbocycles. The van der Waals surface area contributed by atoms with Gasteiger partial charge in [-0.15, -0.1) is 0 Å². The lowest BCUT2D eigenvalue weighted by atomic mass is 10.1. The molecule has 0 fully saturated rings. The molecule has 16 heavy (non-hydrogen) atoms. The predicted molar refractivity (Wildman–Crippen MR) is 62.0 cm³/mol. The number of rotatable bonds is 6. The Morgan fingerprint density at radius 3 is 2.25 bits per heavy atom. The molecule has 1 heterocycles. The van der Waals surface area contributed by atoms with Crippen molar-refractivity contribution in [2.24, 2.45) is 0 Å². The smallest absolute Gasteiger partial charge is 0.222 e. The van der Waals surface area contributed by atoms with Crippen LogP contribution in [-0.2, 0) is 22.3 Å². The van der Waals surface area contributed by atoms with Gasteiger partial charge in [-0.3, -0.25) is 0 Å². The maximum atomic E-state index is 5.81. The van der Waals surface area contributed by atoms with E-state index in [1.807, 2.05) is 0 Å². The van der Waals surface area contributed by atoms with Gasteiger partial charge in [-0.1, -0.05) is 0 Å². The fourth-order valence-electron chi connectivity index (χ4n) is 1.45. The van der Waals surface area contributed by atoms with Crippen LogP contribution >= 0.6 is 0 Å². The van der Waals surface area contributed by atoms with Crippen molar-refractivity contribution in [1.82, 2.24) is 9.97 Å². The molecule has 0 spiro atoms. The average Bonchev–Trinajstić information content (AvgIpc) is 2.24. The summed E-state index contributed by atoms with van der Waals surface area (Å²) < 4.78 is 10.0. The molecule has 6 nitrogen and oxygen atoms in total. The van der Waals surface area contributed by atoms with Gasteiger partial charge in [0.1, 0.15) is 5.82 Å². The first kappa shape index (κ1) is 12.7. The van der Waals surface area contributed by atoms with Crippen LogP contribution in [0.4, 0.5) is 11.8 Å². The summed E-state index contributed by atoms with van der Waals surface area (Å²) in [5.41, 5.74) is 13.1. The van der Waals surface area contributed by atoms with E-state index in [9.17, 15) is 0 Å². The van der Waals surface area contributed by atoms with Crippen LogP contribution in [0.25, 0.3) is 0 Å². The van der Waals surface area contributed by atoms with Crippen molar-refractivity contribution in [1.29, 1.82) is 0 Å². The van der Waals surface area contributed by atoms with E-state index < -0.39 is 0 Å². The van der Waals surface area contributed by atoms with E-state index in [4.69, 9.17) is 20.9 Å². The van der Waals surface area contributed by atoms with Gasteiger partial charge in [0.15, 0.2) is 0 Å². The van der Waals surface area contributed by atoms with Crippen molar-refractivity contribution in [2.75, 3.05) is 38.9 Å². The fraction of sp³-hybridized carbons (Fsp3) is 0.600. The number of anilines is 2. The Bertz CT molecular complexity index is 344. The SMILES string of the molecule is COCCc1nc(N)nc(N)c1CCOC. The Morgan fingerprint density at radius 1 is 1.00 bits per heavy atom. The van der Waals surface area contributed by atoms with Gasteiger partial charge in [0.05, 0.1) is 18.9 Å². The van der Waals surface area contributed by atoms with Gasteiger partial charge < -0.3 is 20.9 Å². The van der Waals surface area contributed by atoms with Crippen LogP contribution in [0.5, 0.6) is 0 Å². The normalized spacial score (nSPS) is 10.6. The lowest BCUT2D eigenvalue weighted by Gasteiger charge is -2.11. The zero-order valence-electron chi connectivity index (χ0n) is 9.69. The number of ether oxygens (including phenoxy) is 2. The van der Waals surface area contributed by atoms with Crippen LogP contribution in [0, 0.1) is 0 Å². The highest BCUT2D eigenvalue weighted by atomic mass is 16.5. The van der Waals surface area contributed by atoms with Crippen molar-refractivity contribution in [2.45, 2.75) is 12.8 Å². The third kappa shape index (κ3) is 3.32. The highest BCUT2D eigenvalue weighted by Crippen LogP contribution is 2.16. The first-order valence-corrected chi connectivity index (χ1v) is 5.07. The maximum Gasteiger partial charge on any atom is 0.222 e. The minimum atomic E-state index is 0.199. The van der Waals surface area contributed by atoms with Crippen LogP contribution in [0.1, 0.15) is 11.3 Å². The quantitative estimate of drug-likeness (QED) is 0.709. The second kappa shape index (κ2) is 6.24. The molecule has 0 bridgehead atoms. The van der Waals surface area contributed by atoms with Crippen LogP contribution in [0.15, 0.2) is 0 Å². The number of hydrogen-bond acceptors (Lipinski definition) is 6. The van der Waals surface area contributed by atoms with Crippen molar-refractivity contribution < 1.29 is 9.47 Å². The third-order valence-electron chi connectivity index (χ3n) is 2.24. The molecular formula is C10H18N4O2. The van der Waals surface area contributed by atoms with Crippen molar-refractivity contribution >= 4 is 11.8 Å². The van der Waals surface area contributed by atoms with Gasteiger partial charge in [-0.25, -0.2) is 4.98 Å². The summed E-state index contributed by atoms with van der Waals surface area (Å²) >= 11 is 0. The third-order valence-corrected chi connectivity index (χ3v) is 2.24. The molecule has 6 heteroatoms. The topological polar surface area (TPSA) is 96.3 Å². The molecule has 0 aliphatic heterocycles. The summed E-state index contributed by atoms with van der Waals surface area (Å²) in [6, 6.07) is 0. The summed E-state index contributed by atoms with van der Waals surface area (Å²) in [7, 11) is 3.28. The van der Waals surface area contributed by atoms with Gasteiger partial charge in [-0.05, 0) is 0 Å². The van der Waals surface area contributed by atoms with Gasteiger partial charge in [0.2, 0.25) is 5.95 Å². The molecule has 0 aromatic carbocycles. The Hall–Kier alpha value is -1.40. The molecule has 0 atom stereocenters. The van der Waals surface area contributed by atoms with E-state index in [1.165, 1.54) is 0 Å². The second-order valence-electron chi connectivity index (χ2n) is 3.38. The molecule has 4 N–H and O–H groups in total. The number of hydrogen-bond donors (Lipinski definition) is 2. The van der Waals surface area contributed by atoms with Crippen molar-refractivity contribution in [3.05, 3.63) is 11.3 Å². The number of nitrogens with two attached hydrogens (primary N) is 2. The molecule has 0 unspecified atom stereocenters. The fourth-order valence-corrected chi connectivity index (χ4v) is 1.45. The summed E-state index contributed by atoms with van der Waals surface area (Å²) in [5, 5.41) is 0. The first-order chi connectivity index (χ1) is 7.69. The van der Waals surface area contributed by atoms with Crippen molar-refractivity contribution in [3.63, 3.8) is 0 Å². The summed E-state index contributed by atoms with van der Waals surface area (Å²) in [4.78, 5) is 8.12. The van der Waals surface area contributed by atoms with Crippen LogP contribution in [0.3, 0.4) is 0 Å². The zero-order chi connectivity index (χ0) is 12.0. The van der Waals surface area contributed by atoms with E-state index in [0.717, 1.165) is 11.3 Å². The van der Waals surface area contributed by atoms with Crippen molar-refractivity contribution in [3.8, 4) is 0 Å². The van der Waals surface area contributed by atoms with Gasteiger partial charge in [0, 0.05) is 32.6 Å². The Kier molecular flexibility index (Phi) is 4.94. The molecule has 0 amide bonds. The molecule has 1 aromatic rings. The lowest BCUT2D eigenvalue weighted by Crippen LogP contribution is -2.12. The molecule has 1 rings (SSSR count). The average molecular weight is 226 g/mol. The Labute approximate surface area is 95.0 Å². The molecule has 1 aromatic heterocycles. The monoisotopic (exact) mass is 226 g/mol. The Balaban J connectivity index is 2.91. The molecular weight excluding hydrogens is 208 g/mol. The number of nitrogens with zero attached hydrogens (tertiary/aromatic N) is 2. The minimum Gasteiger partial charge on any atom is -0.384 e. The second-order valence-corrected chi connectivity index (χ2v) is 3.38. The maximum absolute atomic E-state index is 5.81. The highest BCUT2D eigenvalue weighted by molar-refractivity contribution is 5.46. The lowest BCUT2D eigenvalue weighted by molar-refractivity contribution is 0.197. The largest absolute Gasteiger partial charge is 0.384 e. The van der Waals surface area contributed by atoms with E-state index in [2.05, 4.69) is 9.97 Å². The number of nitrogen functional groups attached to an aromatic ring is 2. The van der Waals surface area contributed by atoms with Gasteiger partial charge in [-0.2, -0.15) is 4.98 Å². The molecule has 0 saturated heterocycles. The number of methoxy groups -OCH3 is 2. The van der Waals surface area contributed by atoms with Gasteiger partial charge >= 0.3 is 0 Å². The van der Waals surface area contributed by atoms with E-state index in [0.29, 0.717) is 31.9 Å². The first-order valence-electron chi connectivity index (χ1n) is 5.07. The zero-order valence-corrected chi connectivity index (χ0v) is 9.69. The molecule has 90 valence electrons. The number of aromatic nitrogens is 2. The minimum absolute atomic E-state index is 0.199. The summed E-state index contributed by atoms with van der Waals surface area (Å²) in [5.74, 6) is 0.625. The Morgan fingerprint density at radius 2 is 1.62 bits per heavy atom. The van der Waals surface area contributed by atoms with E-state index in [-0.39, 0.29) is 5.95 Å². The van der Waals surface area contributed by atoms with Crippen LogP contribution in [0.2, 0.25) is 0 Å². The standard InChI is InChI=1S/C10H18N4O2/c1-15-5-3-7-8(4-6-16-2)13-10(12)14-9(7)11/h3-6H2,1-2H3,(H4,11,12,13,14). The predicted octanol–water partition coefficient (Wildman–Crippen LogP) is 0.0188. The van der Waals surface area contributed by atoms with E-state index >= 15 is 0 Å². The molecule has 0 radical (unpaired) electrons. The van der Waals surface area contributed by atoms with Crippen LogP contribution in [-0.4, -0.2) is 37.4 Å². The van der Waals surface area contributed by atoms with Gasteiger partial charge in [0.25, 0.3) is 0 Å². The van der Waals surface area contributed by atoms with Crippen LogP contribution < -0.4 is 11.5 Å². The molecule has 0 aliphatic rings. The summed E-state index contributed by atoms with van der Waals surface area (Å²) in [6.45, 7) is 1.16.